The van der Waals surface area contributed by atoms with Gasteiger partial charge in [0.1, 0.15) is 11.6 Å². The summed E-state index contributed by atoms with van der Waals surface area (Å²) in [6, 6.07) is 11.2. The number of aromatic nitrogens is 4. The summed E-state index contributed by atoms with van der Waals surface area (Å²) in [5.41, 5.74) is 1.42. The number of benzene rings is 1. The summed E-state index contributed by atoms with van der Waals surface area (Å²) in [5.74, 6) is 2.26. The Labute approximate surface area is 169 Å². The number of anilines is 2. The van der Waals surface area contributed by atoms with E-state index in [1.165, 1.54) is 0 Å². The molecule has 0 unspecified atom stereocenters. The zero-order chi connectivity index (χ0) is 20.2. The van der Waals surface area contributed by atoms with E-state index in [1.54, 1.807) is 11.6 Å². The topological polar surface area (TPSA) is 87.9 Å². The molecule has 1 amide bonds. The molecule has 1 aliphatic heterocycles. The van der Waals surface area contributed by atoms with Crippen LogP contribution in [0.1, 0.15) is 12.2 Å². The van der Waals surface area contributed by atoms with E-state index in [0.29, 0.717) is 24.3 Å². The monoisotopic (exact) mass is 395 g/mol. The number of ether oxygens (including phenoxy) is 1. The highest BCUT2D eigenvalue weighted by Crippen LogP contribution is 2.17. The van der Waals surface area contributed by atoms with Gasteiger partial charge in [-0.25, -0.2) is 0 Å². The Morgan fingerprint density at radius 2 is 1.83 bits per heavy atom. The van der Waals surface area contributed by atoms with Crippen molar-refractivity contribution in [3.63, 3.8) is 0 Å². The van der Waals surface area contributed by atoms with Gasteiger partial charge in [-0.1, -0.05) is 0 Å². The van der Waals surface area contributed by atoms with Crippen molar-refractivity contribution in [2.24, 2.45) is 0 Å². The highest BCUT2D eigenvalue weighted by molar-refractivity contribution is 5.90. The Kier molecular flexibility index (Phi) is 5.57. The van der Waals surface area contributed by atoms with Crippen molar-refractivity contribution in [1.82, 2.24) is 24.7 Å². The number of likely N-dealkylation sites (N-methyl/N-ethyl adjacent to an activating group) is 1. The van der Waals surface area contributed by atoms with Gasteiger partial charge in [-0.05, 0) is 43.4 Å². The standard InChI is InChI=1S/C20H25N7O2/c1-25-11-13-26(14-12-25)19-8-7-17-22-23-18(27(17)24-19)9-10-20(28)21-15-3-5-16(29-2)6-4-15/h3-8H,9-14H2,1-2H3,(H,21,28). The predicted octanol–water partition coefficient (Wildman–Crippen LogP) is 1.46. The second-order valence-corrected chi connectivity index (χ2v) is 7.14. The first-order chi connectivity index (χ1) is 14.1. The molecule has 0 bridgehead atoms. The first kappa shape index (κ1) is 19.1. The number of nitrogens with one attached hydrogen (secondary N) is 1. The third kappa shape index (κ3) is 4.45. The van der Waals surface area contributed by atoms with Crippen LogP contribution in [0, 0.1) is 0 Å². The fourth-order valence-corrected chi connectivity index (χ4v) is 3.31. The number of rotatable bonds is 6. The second-order valence-electron chi connectivity index (χ2n) is 7.14. The van der Waals surface area contributed by atoms with Crippen molar-refractivity contribution in [1.29, 1.82) is 0 Å². The summed E-state index contributed by atoms with van der Waals surface area (Å²) in [5, 5.41) is 16.0. The molecule has 1 N–H and O–H groups in total. The molecular weight excluding hydrogens is 370 g/mol. The van der Waals surface area contributed by atoms with Crippen molar-refractivity contribution in [2.45, 2.75) is 12.8 Å². The third-order valence-corrected chi connectivity index (χ3v) is 5.09. The molecule has 0 spiro atoms. The van der Waals surface area contributed by atoms with Crippen LogP contribution in [0.3, 0.4) is 0 Å². The van der Waals surface area contributed by atoms with Gasteiger partial charge in [-0.3, -0.25) is 4.79 Å². The van der Waals surface area contributed by atoms with Crippen molar-refractivity contribution >= 4 is 23.1 Å². The largest absolute Gasteiger partial charge is 0.497 e. The van der Waals surface area contributed by atoms with E-state index in [0.717, 1.165) is 43.4 Å². The van der Waals surface area contributed by atoms with Gasteiger partial charge in [0.2, 0.25) is 5.91 Å². The number of carbonyl (C=O) groups is 1. The van der Waals surface area contributed by atoms with Crippen LogP contribution in [-0.2, 0) is 11.2 Å². The highest BCUT2D eigenvalue weighted by atomic mass is 16.5. The molecule has 1 aliphatic rings. The minimum Gasteiger partial charge on any atom is -0.497 e. The van der Waals surface area contributed by atoms with Gasteiger partial charge in [-0.2, -0.15) is 4.52 Å². The Balaban J connectivity index is 1.40. The lowest BCUT2D eigenvalue weighted by Gasteiger charge is -2.33. The summed E-state index contributed by atoms with van der Waals surface area (Å²) >= 11 is 0. The molecule has 0 aliphatic carbocycles. The van der Waals surface area contributed by atoms with Crippen LogP contribution in [0.15, 0.2) is 36.4 Å². The van der Waals surface area contributed by atoms with Gasteiger partial charge in [0.05, 0.1) is 7.11 Å². The molecule has 0 saturated carbocycles. The van der Waals surface area contributed by atoms with Gasteiger partial charge < -0.3 is 19.9 Å². The van der Waals surface area contributed by atoms with Crippen molar-refractivity contribution in [2.75, 3.05) is 50.6 Å². The quantitative estimate of drug-likeness (QED) is 0.676. The number of aryl methyl sites for hydroxylation is 1. The molecule has 9 heteroatoms. The SMILES string of the molecule is COc1ccc(NC(=O)CCc2nnc3ccc(N4CCN(C)CC4)nn23)cc1. The maximum Gasteiger partial charge on any atom is 0.224 e. The van der Waals surface area contributed by atoms with E-state index in [1.807, 2.05) is 36.4 Å². The van der Waals surface area contributed by atoms with E-state index < -0.39 is 0 Å². The maximum atomic E-state index is 12.3. The zero-order valence-electron chi connectivity index (χ0n) is 16.7. The summed E-state index contributed by atoms with van der Waals surface area (Å²) in [7, 11) is 3.74. The molecule has 9 nitrogen and oxygen atoms in total. The molecular formula is C20H25N7O2. The number of amides is 1. The molecule has 1 fully saturated rings. The smallest absolute Gasteiger partial charge is 0.224 e. The lowest BCUT2D eigenvalue weighted by Crippen LogP contribution is -2.45. The molecule has 1 aromatic carbocycles. The van der Waals surface area contributed by atoms with Crippen molar-refractivity contribution in [3.8, 4) is 5.75 Å². The third-order valence-electron chi connectivity index (χ3n) is 5.09. The van der Waals surface area contributed by atoms with Gasteiger partial charge in [-0.15, -0.1) is 15.3 Å². The Morgan fingerprint density at radius 1 is 1.07 bits per heavy atom. The first-order valence-electron chi connectivity index (χ1n) is 9.71. The Morgan fingerprint density at radius 3 is 2.55 bits per heavy atom. The number of methoxy groups -OCH3 is 1. The summed E-state index contributed by atoms with van der Waals surface area (Å²) in [6.45, 7) is 3.91. The minimum atomic E-state index is -0.0814. The summed E-state index contributed by atoms with van der Waals surface area (Å²) in [4.78, 5) is 16.9. The lowest BCUT2D eigenvalue weighted by atomic mass is 10.2. The zero-order valence-corrected chi connectivity index (χ0v) is 16.7. The van der Waals surface area contributed by atoms with Crippen LogP contribution in [0.5, 0.6) is 5.75 Å². The lowest BCUT2D eigenvalue weighted by molar-refractivity contribution is -0.116. The number of hydrogen-bond acceptors (Lipinski definition) is 7. The van der Waals surface area contributed by atoms with Crippen LogP contribution in [0.4, 0.5) is 11.5 Å². The van der Waals surface area contributed by atoms with E-state index in [4.69, 9.17) is 9.84 Å². The first-order valence-corrected chi connectivity index (χ1v) is 9.71. The number of fused-ring (bicyclic) bond motifs is 1. The molecule has 29 heavy (non-hydrogen) atoms. The van der Waals surface area contributed by atoms with Crippen LogP contribution < -0.4 is 15.0 Å². The predicted molar refractivity (Wildman–Crippen MR) is 110 cm³/mol. The average molecular weight is 395 g/mol. The van der Waals surface area contributed by atoms with Crippen LogP contribution in [0.25, 0.3) is 5.65 Å². The second kappa shape index (κ2) is 8.44. The van der Waals surface area contributed by atoms with Gasteiger partial charge in [0.25, 0.3) is 0 Å². The molecule has 0 atom stereocenters. The van der Waals surface area contributed by atoms with Gasteiger partial charge in [0, 0.05) is 44.7 Å². The number of nitrogens with zero attached hydrogens (tertiary/aromatic N) is 6. The molecule has 3 heterocycles. The molecule has 0 radical (unpaired) electrons. The molecule has 4 rings (SSSR count). The van der Waals surface area contributed by atoms with E-state index in [2.05, 4.69) is 32.4 Å². The molecule has 3 aromatic rings. The fraction of sp³-hybridized carbons (Fsp3) is 0.400. The van der Waals surface area contributed by atoms with E-state index in [9.17, 15) is 4.79 Å². The number of hydrogen-bond donors (Lipinski definition) is 1. The normalized spacial score (nSPS) is 14.9. The minimum absolute atomic E-state index is 0.0814. The van der Waals surface area contributed by atoms with Crippen LogP contribution >= 0.6 is 0 Å². The number of piperazine rings is 1. The van der Waals surface area contributed by atoms with Crippen LogP contribution in [-0.4, -0.2) is 71.0 Å². The highest BCUT2D eigenvalue weighted by Gasteiger charge is 2.17. The van der Waals surface area contributed by atoms with Crippen molar-refractivity contribution < 1.29 is 9.53 Å². The maximum absolute atomic E-state index is 12.3. The Bertz CT molecular complexity index is 978. The van der Waals surface area contributed by atoms with E-state index in [-0.39, 0.29) is 5.91 Å². The summed E-state index contributed by atoms with van der Waals surface area (Å²) < 4.78 is 6.87. The van der Waals surface area contributed by atoms with E-state index >= 15 is 0 Å². The van der Waals surface area contributed by atoms with Gasteiger partial charge in [0.15, 0.2) is 11.5 Å². The van der Waals surface area contributed by atoms with Crippen LogP contribution in [0.2, 0.25) is 0 Å². The molecule has 152 valence electrons. The Hall–Kier alpha value is -3.20. The average Bonchev–Trinajstić information content (AvgIpc) is 3.15. The molecule has 2 aromatic heterocycles. The summed E-state index contributed by atoms with van der Waals surface area (Å²) in [6.07, 6.45) is 0.760. The number of carbonyl (C=O) groups excluding carboxylic acids is 1. The van der Waals surface area contributed by atoms with Gasteiger partial charge >= 0.3 is 0 Å². The fourth-order valence-electron chi connectivity index (χ4n) is 3.31. The molecule has 1 saturated heterocycles. The van der Waals surface area contributed by atoms with Crippen molar-refractivity contribution in [3.05, 3.63) is 42.2 Å².